The SMILES string of the molecule is Cc1cc(C(F)(F)F)c2c(=O)[nH][nH]c2n1. The smallest absolute Gasteiger partial charge is 0.281 e. The van der Waals surface area contributed by atoms with Gasteiger partial charge in [-0.05, 0) is 13.0 Å². The molecule has 0 aliphatic heterocycles. The summed E-state index contributed by atoms with van der Waals surface area (Å²) in [6, 6.07) is 0.853. The molecule has 0 amide bonds. The van der Waals surface area contributed by atoms with Crippen LogP contribution >= 0.6 is 0 Å². The predicted octanol–water partition coefficient (Wildman–Crippen LogP) is 1.58. The fourth-order valence-corrected chi connectivity index (χ4v) is 1.40. The minimum absolute atomic E-state index is 0.0766. The lowest BCUT2D eigenvalue weighted by Gasteiger charge is -2.07. The Morgan fingerprint density at radius 3 is 2.60 bits per heavy atom. The second kappa shape index (κ2) is 2.85. The van der Waals surface area contributed by atoms with Gasteiger partial charge in [0.25, 0.3) is 5.56 Å². The third kappa shape index (κ3) is 1.49. The molecular weight excluding hydrogens is 211 g/mol. The van der Waals surface area contributed by atoms with E-state index in [9.17, 15) is 18.0 Å². The van der Waals surface area contributed by atoms with Gasteiger partial charge in [0.15, 0.2) is 5.65 Å². The Bertz CT molecular complexity index is 566. The molecule has 0 saturated carbocycles. The molecule has 2 aromatic rings. The van der Waals surface area contributed by atoms with Crippen LogP contribution in [0.2, 0.25) is 0 Å². The van der Waals surface area contributed by atoms with E-state index in [1.54, 1.807) is 0 Å². The number of alkyl halides is 3. The zero-order chi connectivity index (χ0) is 11.2. The van der Waals surface area contributed by atoms with Crippen molar-refractivity contribution >= 4 is 11.0 Å². The van der Waals surface area contributed by atoms with Crippen molar-refractivity contribution in [3.63, 3.8) is 0 Å². The van der Waals surface area contributed by atoms with Gasteiger partial charge in [-0.1, -0.05) is 0 Å². The van der Waals surface area contributed by atoms with Gasteiger partial charge in [-0.3, -0.25) is 15.0 Å². The van der Waals surface area contributed by atoms with Crippen LogP contribution in [-0.2, 0) is 6.18 Å². The first kappa shape index (κ1) is 9.75. The number of halogens is 3. The Labute approximate surface area is 81.1 Å². The fourth-order valence-electron chi connectivity index (χ4n) is 1.40. The lowest BCUT2D eigenvalue weighted by molar-refractivity contribution is -0.136. The van der Waals surface area contributed by atoms with Gasteiger partial charge in [0, 0.05) is 5.69 Å². The van der Waals surface area contributed by atoms with E-state index in [2.05, 4.69) is 15.2 Å². The van der Waals surface area contributed by atoms with E-state index < -0.39 is 22.7 Å². The van der Waals surface area contributed by atoms with E-state index in [0.717, 1.165) is 6.07 Å². The quantitative estimate of drug-likeness (QED) is 0.703. The maximum absolute atomic E-state index is 12.6. The van der Waals surface area contributed by atoms with Crippen LogP contribution in [0.1, 0.15) is 11.3 Å². The van der Waals surface area contributed by atoms with Crippen LogP contribution in [0.25, 0.3) is 11.0 Å². The van der Waals surface area contributed by atoms with Gasteiger partial charge in [-0.2, -0.15) is 13.2 Å². The molecule has 0 aliphatic rings. The van der Waals surface area contributed by atoms with E-state index in [0.29, 0.717) is 0 Å². The highest BCUT2D eigenvalue weighted by Crippen LogP contribution is 2.32. The third-order valence-corrected chi connectivity index (χ3v) is 1.97. The van der Waals surface area contributed by atoms with Gasteiger partial charge in [0.1, 0.15) is 0 Å². The van der Waals surface area contributed by atoms with Gasteiger partial charge in [-0.15, -0.1) is 0 Å². The summed E-state index contributed by atoms with van der Waals surface area (Å²) >= 11 is 0. The summed E-state index contributed by atoms with van der Waals surface area (Å²) in [6.07, 6.45) is -4.55. The Morgan fingerprint density at radius 1 is 1.33 bits per heavy atom. The number of aromatic amines is 2. The molecule has 0 radical (unpaired) electrons. The first-order valence-corrected chi connectivity index (χ1v) is 4.05. The number of hydrogen-bond donors (Lipinski definition) is 2. The molecule has 0 atom stereocenters. The van der Waals surface area contributed by atoms with Crippen LogP contribution in [0.15, 0.2) is 10.9 Å². The summed E-state index contributed by atoms with van der Waals surface area (Å²) < 4.78 is 37.7. The minimum atomic E-state index is -4.55. The molecule has 4 nitrogen and oxygen atoms in total. The van der Waals surface area contributed by atoms with Gasteiger partial charge in [-0.25, -0.2) is 4.98 Å². The maximum Gasteiger partial charge on any atom is 0.417 e. The summed E-state index contributed by atoms with van der Waals surface area (Å²) in [6.45, 7) is 1.43. The first-order chi connectivity index (χ1) is 6.89. The second-order valence-corrected chi connectivity index (χ2v) is 3.11. The van der Waals surface area contributed by atoms with Crippen molar-refractivity contribution in [1.82, 2.24) is 15.2 Å². The average molecular weight is 217 g/mol. The van der Waals surface area contributed by atoms with Crippen LogP contribution in [0.4, 0.5) is 13.2 Å². The summed E-state index contributed by atoms with van der Waals surface area (Å²) in [5, 5.41) is 3.91. The maximum atomic E-state index is 12.6. The minimum Gasteiger partial charge on any atom is -0.281 e. The number of rotatable bonds is 0. The van der Waals surface area contributed by atoms with Crippen LogP contribution in [0.5, 0.6) is 0 Å². The van der Waals surface area contributed by atoms with Crippen molar-refractivity contribution in [3.8, 4) is 0 Å². The normalized spacial score (nSPS) is 12.3. The third-order valence-electron chi connectivity index (χ3n) is 1.97. The van der Waals surface area contributed by atoms with Crippen molar-refractivity contribution in [3.05, 3.63) is 27.7 Å². The summed E-state index contributed by atoms with van der Waals surface area (Å²) in [7, 11) is 0. The molecule has 0 fully saturated rings. The summed E-state index contributed by atoms with van der Waals surface area (Å²) in [5.74, 6) is 0. The lowest BCUT2D eigenvalue weighted by atomic mass is 10.1. The predicted molar refractivity (Wildman–Crippen MR) is 46.5 cm³/mol. The van der Waals surface area contributed by atoms with Crippen molar-refractivity contribution < 1.29 is 13.2 Å². The Hall–Kier alpha value is -1.79. The van der Waals surface area contributed by atoms with Gasteiger partial charge in [0.2, 0.25) is 0 Å². The van der Waals surface area contributed by atoms with E-state index in [4.69, 9.17) is 0 Å². The number of nitrogens with zero attached hydrogens (tertiary/aromatic N) is 1. The average Bonchev–Trinajstić information content (AvgIpc) is 2.44. The molecule has 0 unspecified atom stereocenters. The summed E-state index contributed by atoms with van der Waals surface area (Å²) in [5.41, 5.74) is -1.66. The standard InChI is InChI=1S/C8H6F3N3O/c1-3-2-4(8(9,10)11)5-6(12-3)13-14-7(5)15/h2H,1H3,(H2,12,13,14,15). The fraction of sp³-hybridized carbons (Fsp3) is 0.250. The molecule has 0 aromatic carbocycles. The second-order valence-electron chi connectivity index (χ2n) is 3.11. The highest BCUT2D eigenvalue weighted by Gasteiger charge is 2.34. The largest absolute Gasteiger partial charge is 0.417 e. The van der Waals surface area contributed by atoms with E-state index in [-0.39, 0.29) is 11.3 Å². The molecule has 2 aromatic heterocycles. The van der Waals surface area contributed by atoms with Crippen molar-refractivity contribution in [2.75, 3.05) is 0 Å². The molecule has 2 heterocycles. The Morgan fingerprint density at radius 2 is 2.00 bits per heavy atom. The van der Waals surface area contributed by atoms with Crippen LogP contribution in [-0.4, -0.2) is 15.2 Å². The molecule has 0 bridgehead atoms. The molecule has 0 aliphatic carbocycles. The van der Waals surface area contributed by atoms with Crippen molar-refractivity contribution in [2.45, 2.75) is 13.1 Å². The highest BCUT2D eigenvalue weighted by atomic mass is 19.4. The molecule has 2 N–H and O–H groups in total. The molecule has 7 heteroatoms. The number of aryl methyl sites for hydroxylation is 1. The number of nitrogens with one attached hydrogen (secondary N) is 2. The van der Waals surface area contributed by atoms with Gasteiger partial charge < -0.3 is 0 Å². The monoisotopic (exact) mass is 217 g/mol. The topological polar surface area (TPSA) is 61.5 Å². The number of hydrogen-bond acceptors (Lipinski definition) is 2. The van der Waals surface area contributed by atoms with Crippen LogP contribution in [0.3, 0.4) is 0 Å². The molecule has 2 rings (SSSR count). The lowest BCUT2D eigenvalue weighted by Crippen LogP contribution is -2.11. The van der Waals surface area contributed by atoms with Crippen LogP contribution < -0.4 is 5.56 Å². The van der Waals surface area contributed by atoms with Gasteiger partial charge >= 0.3 is 6.18 Å². The van der Waals surface area contributed by atoms with Crippen LogP contribution in [0, 0.1) is 6.92 Å². The molecule has 0 saturated heterocycles. The Balaban J connectivity index is 2.93. The first-order valence-electron chi connectivity index (χ1n) is 4.05. The Kier molecular flexibility index (Phi) is 1.85. The number of aromatic nitrogens is 3. The molecule has 0 spiro atoms. The number of H-pyrrole nitrogens is 2. The number of pyridine rings is 1. The van der Waals surface area contributed by atoms with E-state index in [1.165, 1.54) is 6.92 Å². The van der Waals surface area contributed by atoms with E-state index >= 15 is 0 Å². The van der Waals surface area contributed by atoms with E-state index in [1.807, 2.05) is 0 Å². The van der Waals surface area contributed by atoms with Gasteiger partial charge in [0.05, 0.1) is 10.9 Å². The highest BCUT2D eigenvalue weighted by molar-refractivity contribution is 5.78. The molecular formula is C8H6F3N3O. The molecule has 80 valence electrons. The number of fused-ring (bicyclic) bond motifs is 1. The summed E-state index contributed by atoms with van der Waals surface area (Å²) in [4.78, 5) is 14.9. The molecule has 15 heavy (non-hydrogen) atoms. The van der Waals surface area contributed by atoms with Crippen molar-refractivity contribution in [2.24, 2.45) is 0 Å². The zero-order valence-corrected chi connectivity index (χ0v) is 7.57. The van der Waals surface area contributed by atoms with Crippen molar-refractivity contribution in [1.29, 1.82) is 0 Å². The zero-order valence-electron chi connectivity index (χ0n) is 7.57.